The molecule has 3 unspecified atom stereocenters. The number of morpholine rings is 1. The fourth-order valence-electron chi connectivity index (χ4n) is 2.46. The molecule has 94 valence electrons. The summed E-state index contributed by atoms with van der Waals surface area (Å²) in [6.07, 6.45) is -0.970. The number of hydrogen-bond acceptors (Lipinski definition) is 5. The lowest BCUT2D eigenvalue weighted by atomic mass is 10.2. The summed E-state index contributed by atoms with van der Waals surface area (Å²) in [6.45, 7) is 7.91. The molecular formula is C11H22N2O3. The highest BCUT2D eigenvalue weighted by Gasteiger charge is 2.31. The number of likely N-dealkylation sites (N-methyl/N-ethyl adjacent to an activating group) is 1. The van der Waals surface area contributed by atoms with Crippen molar-refractivity contribution in [1.82, 2.24) is 9.80 Å². The zero-order chi connectivity index (χ0) is 11.5. The Balaban J connectivity index is 1.77. The molecule has 0 spiro atoms. The average Bonchev–Trinajstić information content (AvgIpc) is 2.58. The summed E-state index contributed by atoms with van der Waals surface area (Å²) < 4.78 is 5.70. The minimum atomic E-state index is -0.592. The summed E-state index contributed by atoms with van der Waals surface area (Å²) in [4.78, 5) is 4.45. The van der Waals surface area contributed by atoms with Crippen LogP contribution in [0.25, 0.3) is 0 Å². The number of aliphatic hydroxyl groups excluding tert-OH is 2. The Labute approximate surface area is 96.6 Å². The van der Waals surface area contributed by atoms with Crippen LogP contribution in [0.1, 0.15) is 6.92 Å². The van der Waals surface area contributed by atoms with Gasteiger partial charge in [0.1, 0.15) is 0 Å². The molecule has 0 aliphatic carbocycles. The highest BCUT2D eigenvalue weighted by molar-refractivity contribution is 4.85. The SMILES string of the molecule is CCN1CCOC(CN2CC(O)C(O)C2)C1. The van der Waals surface area contributed by atoms with E-state index in [9.17, 15) is 10.2 Å². The van der Waals surface area contributed by atoms with Gasteiger partial charge in [-0.25, -0.2) is 0 Å². The summed E-state index contributed by atoms with van der Waals surface area (Å²) >= 11 is 0. The molecule has 0 radical (unpaired) electrons. The van der Waals surface area contributed by atoms with Crippen molar-refractivity contribution in [1.29, 1.82) is 0 Å². The maximum absolute atomic E-state index is 9.45. The largest absolute Gasteiger partial charge is 0.389 e. The fraction of sp³-hybridized carbons (Fsp3) is 1.00. The number of aliphatic hydroxyl groups is 2. The van der Waals surface area contributed by atoms with Crippen LogP contribution < -0.4 is 0 Å². The minimum absolute atomic E-state index is 0.214. The van der Waals surface area contributed by atoms with E-state index in [1.165, 1.54) is 0 Å². The van der Waals surface area contributed by atoms with E-state index in [1.807, 2.05) is 0 Å². The number of ether oxygens (including phenoxy) is 1. The Bertz CT molecular complexity index is 217. The maximum atomic E-state index is 9.45. The first-order valence-corrected chi connectivity index (χ1v) is 6.11. The van der Waals surface area contributed by atoms with E-state index < -0.39 is 12.2 Å². The van der Waals surface area contributed by atoms with Crippen molar-refractivity contribution in [3.63, 3.8) is 0 Å². The second kappa shape index (κ2) is 5.42. The maximum Gasteiger partial charge on any atom is 0.0938 e. The van der Waals surface area contributed by atoms with E-state index in [0.717, 1.165) is 32.8 Å². The van der Waals surface area contributed by atoms with Crippen molar-refractivity contribution < 1.29 is 14.9 Å². The van der Waals surface area contributed by atoms with Crippen molar-refractivity contribution in [2.45, 2.75) is 25.2 Å². The molecule has 0 bridgehead atoms. The van der Waals surface area contributed by atoms with Crippen LogP contribution in [0.4, 0.5) is 0 Å². The predicted octanol–water partition coefficient (Wildman–Crippen LogP) is -1.26. The van der Waals surface area contributed by atoms with E-state index >= 15 is 0 Å². The van der Waals surface area contributed by atoms with Gasteiger partial charge in [0.05, 0.1) is 24.9 Å². The van der Waals surface area contributed by atoms with Crippen LogP contribution in [0, 0.1) is 0 Å². The Morgan fingerprint density at radius 2 is 1.81 bits per heavy atom. The lowest BCUT2D eigenvalue weighted by molar-refractivity contribution is -0.0404. The molecule has 2 saturated heterocycles. The Morgan fingerprint density at radius 1 is 1.12 bits per heavy atom. The standard InChI is InChI=1S/C11H22N2O3/c1-2-12-3-4-16-9(5-12)6-13-7-10(14)11(15)8-13/h9-11,14-15H,2-8H2,1H3. The lowest BCUT2D eigenvalue weighted by Gasteiger charge is -2.34. The number of rotatable bonds is 3. The highest BCUT2D eigenvalue weighted by Crippen LogP contribution is 2.13. The normalized spacial score (nSPS) is 38.1. The van der Waals surface area contributed by atoms with Crippen molar-refractivity contribution in [3.8, 4) is 0 Å². The third-order valence-corrected chi connectivity index (χ3v) is 3.47. The lowest BCUT2D eigenvalue weighted by Crippen LogP contribution is -2.47. The Morgan fingerprint density at radius 3 is 2.44 bits per heavy atom. The second-order valence-corrected chi connectivity index (χ2v) is 4.74. The van der Waals surface area contributed by atoms with Crippen LogP contribution in [-0.4, -0.2) is 84.2 Å². The van der Waals surface area contributed by atoms with Gasteiger partial charge in [0, 0.05) is 32.7 Å². The molecule has 5 nitrogen and oxygen atoms in total. The molecule has 2 aliphatic heterocycles. The zero-order valence-electron chi connectivity index (χ0n) is 9.88. The number of β-amino-alcohol motifs (C(OH)–C–C–N with tert-alkyl or cyclic N) is 2. The molecule has 2 aliphatic rings. The van der Waals surface area contributed by atoms with Gasteiger partial charge in [0.15, 0.2) is 0 Å². The topological polar surface area (TPSA) is 56.2 Å². The summed E-state index contributed by atoms with van der Waals surface area (Å²) in [5.41, 5.74) is 0. The Hall–Kier alpha value is -0.200. The van der Waals surface area contributed by atoms with E-state index in [4.69, 9.17) is 4.74 Å². The van der Waals surface area contributed by atoms with Gasteiger partial charge in [-0.1, -0.05) is 6.92 Å². The quantitative estimate of drug-likeness (QED) is 0.634. The third-order valence-electron chi connectivity index (χ3n) is 3.47. The fourth-order valence-corrected chi connectivity index (χ4v) is 2.46. The molecule has 0 aromatic heterocycles. The van der Waals surface area contributed by atoms with Gasteiger partial charge >= 0.3 is 0 Å². The van der Waals surface area contributed by atoms with Gasteiger partial charge in [-0.3, -0.25) is 9.80 Å². The molecule has 0 saturated carbocycles. The van der Waals surface area contributed by atoms with Crippen LogP contribution in [0.5, 0.6) is 0 Å². The molecular weight excluding hydrogens is 208 g/mol. The molecule has 5 heteroatoms. The van der Waals surface area contributed by atoms with Gasteiger partial charge in [-0.2, -0.15) is 0 Å². The zero-order valence-corrected chi connectivity index (χ0v) is 9.88. The molecule has 0 amide bonds. The van der Waals surface area contributed by atoms with E-state index in [-0.39, 0.29) is 6.10 Å². The second-order valence-electron chi connectivity index (χ2n) is 4.74. The van der Waals surface area contributed by atoms with E-state index in [0.29, 0.717) is 13.1 Å². The van der Waals surface area contributed by atoms with Crippen molar-refractivity contribution >= 4 is 0 Å². The van der Waals surface area contributed by atoms with E-state index in [2.05, 4.69) is 16.7 Å². The molecule has 2 N–H and O–H groups in total. The van der Waals surface area contributed by atoms with Gasteiger partial charge in [0.2, 0.25) is 0 Å². The molecule has 0 aromatic rings. The summed E-state index contributed by atoms with van der Waals surface area (Å²) in [5, 5.41) is 18.9. The van der Waals surface area contributed by atoms with Gasteiger partial charge < -0.3 is 14.9 Å². The van der Waals surface area contributed by atoms with Crippen LogP contribution in [0.2, 0.25) is 0 Å². The first kappa shape index (κ1) is 12.3. The number of hydrogen-bond donors (Lipinski definition) is 2. The highest BCUT2D eigenvalue weighted by atomic mass is 16.5. The molecule has 2 fully saturated rings. The van der Waals surface area contributed by atoms with Crippen molar-refractivity contribution in [3.05, 3.63) is 0 Å². The van der Waals surface area contributed by atoms with Crippen LogP contribution in [0.3, 0.4) is 0 Å². The molecule has 2 rings (SSSR count). The van der Waals surface area contributed by atoms with Gasteiger partial charge in [-0.15, -0.1) is 0 Å². The minimum Gasteiger partial charge on any atom is -0.389 e. The van der Waals surface area contributed by atoms with E-state index in [1.54, 1.807) is 0 Å². The molecule has 16 heavy (non-hydrogen) atoms. The Kier molecular flexibility index (Phi) is 4.16. The summed E-state index contributed by atoms with van der Waals surface area (Å²) in [5.74, 6) is 0. The summed E-state index contributed by atoms with van der Waals surface area (Å²) in [7, 11) is 0. The smallest absolute Gasteiger partial charge is 0.0938 e. The first-order chi connectivity index (χ1) is 7.69. The predicted molar refractivity (Wildman–Crippen MR) is 60.3 cm³/mol. The third kappa shape index (κ3) is 2.93. The molecule has 2 heterocycles. The molecule has 3 atom stereocenters. The van der Waals surface area contributed by atoms with Crippen LogP contribution in [0.15, 0.2) is 0 Å². The summed E-state index contributed by atoms with van der Waals surface area (Å²) in [6, 6.07) is 0. The van der Waals surface area contributed by atoms with Gasteiger partial charge in [-0.05, 0) is 6.54 Å². The molecule has 0 aromatic carbocycles. The first-order valence-electron chi connectivity index (χ1n) is 6.11. The van der Waals surface area contributed by atoms with Crippen molar-refractivity contribution in [2.75, 3.05) is 45.9 Å². The number of likely N-dealkylation sites (tertiary alicyclic amines) is 1. The number of nitrogens with zero attached hydrogens (tertiary/aromatic N) is 2. The van der Waals surface area contributed by atoms with Crippen molar-refractivity contribution in [2.24, 2.45) is 0 Å². The monoisotopic (exact) mass is 230 g/mol. The van der Waals surface area contributed by atoms with Crippen LogP contribution >= 0.6 is 0 Å². The van der Waals surface area contributed by atoms with Gasteiger partial charge in [0.25, 0.3) is 0 Å². The van der Waals surface area contributed by atoms with Crippen LogP contribution in [-0.2, 0) is 4.74 Å². The average molecular weight is 230 g/mol.